The number of nitrogens with zero attached hydrogens (tertiary/aromatic N) is 1. The fourth-order valence-corrected chi connectivity index (χ4v) is 1.73. The van der Waals surface area contributed by atoms with Gasteiger partial charge >= 0.3 is 11.9 Å². The van der Waals surface area contributed by atoms with Crippen molar-refractivity contribution >= 4 is 22.1 Å². The average molecular weight is 269 g/mol. The topological polar surface area (TPSA) is 132 Å². The highest BCUT2D eigenvalue weighted by atomic mass is 32.2. The Morgan fingerprint density at radius 2 is 1.82 bits per heavy atom. The van der Waals surface area contributed by atoms with Crippen molar-refractivity contribution in [2.45, 2.75) is 18.9 Å². The molecule has 17 heavy (non-hydrogen) atoms. The van der Waals surface area contributed by atoms with Gasteiger partial charge in [-0.3, -0.25) is 19.0 Å². The highest BCUT2D eigenvalue weighted by Crippen LogP contribution is 2.06. The molecular weight excluding hydrogens is 254 g/mol. The minimum Gasteiger partial charge on any atom is -0.481 e. The Kier molecular flexibility index (Phi) is 6.07. The molecule has 0 heterocycles. The van der Waals surface area contributed by atoms with E-state index in [4.69, 9.17) is 14.8 Å². The molecule has 1 atom stereocenters. The van der Waals surface area contributed by atoms with Crippen LogP contribution in [0.15, 0.2) is 0 Å². The second-order valence-corrected chi connectivity index (χ2v) is 5.13. The van der Waals surface area contributed by atoms with Crippen LogP contribution in [-0.2, 0) is 19.7 Å². The third kappa shape index (κ3) is 7.66. The second-order valence-electron chi connectivity index (χ2n) is 3.55. The molecule has 0 fully saturated rings. The van der Waals surface area contributed by atoms with E-state index in [2.05, 4.69) is 0 Å². The van der Waals surface area contributed by atoms with E-state index in [9.17, 15) is 18.0 Å². The van der Waals surface area contributed by atoms with Crippen LogP contribution in [0.1, 0.15) is 12.8 Å². The predicted molar refractivity (Wildman–Crippen MR) is 57.3 cm³/mol. The SMILES string of the molecule is CN(CCS(=O)(=O)O)C(CCC(=O)O)C(=O)O. The molecule has 0 aliphatic carbocycles. The van der Waals surface area contributed by atoms with Crippen LogP contribution in [-0.4, -0.2) is 65.4 Å². The van der Waals surface area contributed by atoms with Gasteiger partial charge in [0.05, 0.1) is 5.75 Å². The molecule has 1 unspecified atom stereocenters. The number of aliphatic carboxylic acids is 2. The van der Waals surface area contributed by atoms with Crippen LogP contribution in [0.3, 0.4) is 0 Å². The van der Waals surface area contributed by atoms with Gasteiger partial charge in [0.2, 0.25) is 0 Å². The standard InChI is InChI=1S/C8H15NO7S/c1-9(4-5-17(14,15)16)6(8(12)13)2-3-7(10)11/h6H,2-5H2,1H3,(H,10,11)(H,12,13)(H,14,15,16). The monoisotopic (exact) mass is 269 g/mol. The number of likely N-dealkylation sites (N-methyl/N-ethyl adjacent to an activating group) is 1. The molecule has 0 aliphatic rings. The third-order valence-electron chi connectivity index (χ3n) is 2.15. The maximum absolute atomic E-state index is 10.8. The van der Waals surface area contributed by atoms with Gasteiger partial charge < -0.3 is 10.2 Å². The summed E-state index contributed by atoms with van der Waals surface area (Å²) in [5.41, 5.74) is 0. The summed E-state index contributed by atoms with van der Waals surface area (Å²) in [6.45, 7) is -0.185. The highest BCUT2D eigenvalue weighted by molar-refractivity contribution is 7.85. The van der Waals surface area contributed by atoms with Crippen LogP contribution in [0.25, 0.3) is 0 Å². The zero-order chi connectivity index (χ0) is 13.6. The van der Waals surface area contributed by atoms with Gasteiger partial charge in [-0.15, -0.1) is 0 Å². The lowest BCUT2D eigenvalue weighted by Gasteiger charge is -2.23. The molecule has 3 N–H and O–H groups in total. The van der Waals surface area contributed by atoms with Gasteiger partial charge in [0.25, 0.3) is 10.1 Å². The van der Waals surface area contributed by atoms with Crippen LogP contribution >= 0.6 is 0 Å². The Labute approximate surface area is 98.6 Å². The zero-order valence-electron chi connectivity index (χ0n) is 9.24. The van der Waals surface area contributed by atoms with E-state index in [-0.39, 0.29) is 19.4 Å². The summed E-state index contributed by atoms with van der Waals surface area (Å²) < 4.78 is 29.5. The van der Waals surface area contributed by atoms with Crippen LogP contribution in [0, 0.1) is 0 Å². The molecule has 0 aromatic heterocycles. The number of hydrogen-bond donors (Lipinski definition) is 3. The quantitative estimate of drug-likeness (QED) is 0.484. The molecule has 0 aromatic rings. The van der Waals surface area contributed by atoms with Crippen molar-refractivity contribution < 1.29 is 32.8 Å². The number of carbonyl (C=O) groups is 2. The predicted octanol–water partition coefficient (Wildman–Crippen LogP) is -0.876. The fraction of sp³-hybridized carbons (Fsp3) is 0.750. The summed E-state index contributed by atoms with van der Waals surface area (Å²) in [5, 5.41) is 17.3. The first-order valence-corrected chi connectivity index (χ1v) is 6.34. The van der Waals surface area contributed by atoms with Crippen LogP contribution in [0.4, 0.5) is 0 Å². The lowest BCUT2D eigenvalue weighted by atomic mass is 10.1. The van der Waals surface area contributed by atoms with Gasteiger partial charge in [-0.2, -0.15) is 8.42 Å². The molecule has 0 saturated carbocycles. The summed E-state index contributed by atoms with van der Waals surface area (Å²) >= 11 is 0. The third-order valence-corrected chi connectivity index (χ3v) is 2.85. The molecule has 0 radical (unpaired) electrons. The number of carboxylic acid groups (broad SMARTS) is 2. The summed E-state index contributed by atoms with van der Waals surface area (Å²) in [4.78, 5) is 22.3. The second kappa shape index (κ2) is 6.52. The Balaban J connectivity index is 4.39. The Bertz CT molecular complexity index is 377. The van der Waals surface area contributed by atoms with Crippen molar-refractivity contribution in [1.29, 1.82) is 0 Å². The van der Waals surface area contributed by atoms with E-state index >= 15 is 0 Å². The smallest absolute Gasteiger partial charge is 0.320 e. The molecule has 8 nitrogen and oxygen atoms in total. The normalized spacial score (nSPS) is 13.6. The average Bonchev–Trinajstić information content (AvgIpc) is 2.12. The molecule has 0 aromatic carbocycles. The minimum absolute atomic E-state index is 0.132. The molecule has 9 heteroatoms. The van der Waals surface area contributed by atoms with Crippen LogP contribution in [0.2, 0.25) is 0 Å². The molecule has 0 amide bonds. The van der Waals surface area contributed by atoms with Crippen molar-refractivity contribution in [2.75, 3.05) is 19.3 Å². The highest BCUT2D eigenvalue weighted by Gasteiger charge is 2.24. The number of carboxylic acids is 2. The largest absolute Gasteiger partial charge is 0.481 e. The summed E-state index contributed by atoms with van der Waals surface area (Å²) in [7, 11) is -2.81. The lowest BCUT2D eigenvalue weighted by Crippen LogP contribution is -2.41. The summed E-state index contributed by atoms with van der Waals surface area (Å²) in [6, 6.07) is -1.09. The van der Waals surface area contributed by atoms with Gasteiger partial charge in [0, 0.05) is 13.0 Å². The zero-order valence-corrected chi connectivity index (χ0v) is 10.1. The first kappa shape index (κ1) is 15.8. The summed E-state index contributed by atoms with van der Waals surface area (Å²) in [6.07, 6.45) is -0.459. The van der Waals surface area contributed by atoms with Crippen molar-refractivity contribution in [3.63, 3.8) is 0 Å². The van der Waals surface area contributed by atoms with Crippen molar-refractivity contribution in [3.05, 3.63) is 0 Å². The van der Waals surface area contributed by atoms with Crippen molar-refractivity contribution in [1.82, 2.24) is 4.90 Å². The van der Waals surface area contributed by atoms with Crippen LogP contribution in [0.5, 0.6) is 0 Å². The molecule has 0 rings (SSSR count). The number of hydrogen-bond acceptors (Lipinski definition) is 5. The molecule has 100 valence electrons. The van der Waals surface area contributed by atoms with Gasteiger partial charge in [0.15, 0.2) is 0 Å². The van der Waals surface area contributed by atoms with E-state index in [1.807, 2.05) is 0 Å². The van der Waals surface area contributed by atoms with Crippen molar-refractivity contribution in [2.24, 2.45) is 0 Å². The van der Waals surface area contributed by atoms with E-state index in [1.165, 1.54) is 11.9 Å². The Morgan fingerprint density at radius 1 is 1.29 bits per heavy atom. The minimum atomic E-state index is -4.16. The molecule has 0 saturated heterocycles. The molecule has 0 bridgehead atoms. The molecule has 0 aliphatic heterocycles. The Morgan fingerprint density at radius 3 is 2.18 bits per heavy atom. The molecular formula is C8H15NO7S. The maximum Gasteiger partial charge on any atom is 0.320 e. The van der Waals surface area contributed by atoms with Crippen molar-refractivity contribution in [3.8, 4) is 0 Å². The van der Waals surface area contributed by atoms with E-state index in [0.717, 1.165) is 0 Å². The van der Waals surface area contributed by atoms with Gasteiger partial charge in [-0.05, 0) is 13.5 Å². The summed E-state index contributed by atoms with van der Waals surface area (Å²) in [5.74, 6) is -2.95. The first-order valence-electron chi connectivity index (χ1n) is 4.73. The fourth-order valence-electron chi connectivity index (χ4n) is 1.21. The van der Waals surface area contributed by atoms with Gasteiger partial charge in [-0.25, -0.2) is 0 Å². The lowest BCUT2D eigenvalue weighted by molar-refractivity contribution is -0.143. The maximum atomic E-state index is 10.8. The van der Waals surface area contributed by atoms with E-state index in [0.29, 0.717) is 0 Å². The van der Waals surface area contributed by atoms with Gasteiger partial charge in [-0.1, -0.05) is 0 Å². The van der Waals surface area contributed by atoms with Crippen LogP contribution < -0.4 is 0 Å². The van der Waals surface area contributed by atoms with E-state index < -0.39 is 33.9 Å². The number of rotatable bonds is 8. The van der Waals surface area contributed by atoms with E-state index in [1.54, 1.807) is 0 Å². The molecule has 0 spiro atoms. The first-order chi connectivity index (χ1) is 7.63. The van der Waals surface area contributed by atoms with Gasteiger partial charge in [0.1, 0.15) is 6.04 Å². The Hall–Kier alpha value is -1.19.